The zero-order valence-corrected chi connectivity index (χ0v) is 11.1. The predicted octanol–water partition coefficient (Wildman–Crippen LogP) is 0.807. The van der Waals surface area contributed by atoms with Gasteiger partial charge in [-0.05, 0) is 6.92 Å². The molecule has 15 heavy (non-hydrogen) atoms. The number of ether oxygens (including phenoxy) is 1. The van der Waals surface area contributed by atoms with Crippen molar-refractivity contribution in [2.75, 3.05) is 13.2 Å². The average molecular weight is 339 g/mol. The van der Waals surface area contributed by atoms with Crippen molar-refractivity contribution < 1.29 is 13.7 Å². The van der Waals surface area contributed by atoms with Gasteiger partial charge in [0.2, 0.25) is 0 Å². The van der Waals surface area contributed by atoms with Crippen LogP contribution in [-0.2, 0) is 17.7 Å². The third-order valence-electron chi connectivity index (χ3n) is 1.93. The van der Waals surface area contributed by atoms with Crippen LogP contribution in [0.15, 0.2) is 11.6 Å². The average Bonchev–Trinajstić information content (AvgIpc) is 2.61. The summed E-state index contributed by atoms with van der Waals surface area (Å²) in [4.78, 5) is 11.5. The molecule has 1 aliphatic heterocycles. The van der Waals surface area contributed by atoms with Crippen LogP contribution < -0.4 is 0 Å². The fourth-order valence-electron chi connectivity index (χ4n) is 1.28. The Hall–Kier alpha value is -0.390. The van der Waals surface area contributed by atoms with Gasteiger partial charge in [-0.25, -0.2) is 9.00 Å². The zero-order valence-electron chi connectivity index (χ0n) is 8.10. The second-order valence-corrected chi connectivity index (χ2v) is 5.90. The van der Waals surface area contributed by atoms with Gasteiger partial charge in [0.05, 0.1) is 33.4 Å². The van der Waals surface area contributed by atoms with Crippen molar-refractivity contribution in [2.45, 2.75) is 13.0 Å². The van der Waals surface area contributed by atoms with Crippen LogP contribution in [0.4, 0.5) is 0 Å². The van der Waals surface area contributed by atoms with Gasteiger partial charge in [-0.1, -0.05) is 12.0 Å². The van der Waals surface area contributed by atoms with E-state index in [2.05, 4.69) is 5.92 Å². The lowest BCUT2D eigenvalue weighted by Gasteiger charge is -2.17. The van der Waals surface area contributed by atoms with Crippen LogP contribution in [0.5, 0.6) is 0 Å². The summed E-state index contributed by atoms with van der Waals surface area (Å²) in [6.45, 7) is 2.45. The van der Waals surface area contributed by atoms with E-state index in [1.54, 1.807) is 38.5 Å². The number of carbonyl (C=O) groups excluding carboxylic acids is 1. The number of nitrogens with zero attached hydrogens (tertiary/aromatic N) is 1. The lowest BCUT2D eigenvalue weighted by Crippen LogP contribution is -2.32. The Morgan fingerprint density at radius 1 is 1.93 bits per heavy atom. The first-order valence-electron chi connectivity index (χ1n) is 4.29. The molecule has 6 heteroatoms. The SMILES string of the molecule is C#C[C@@H]1C(C(=O)OCC)=CCN1S(=O)I. The van der Waals surface area contributed by atoms with E-state index in [0.717, 1.165) is 0 Å². The molecule has 1 aliphatic rings. The van der Waals surface area contributed by atoms with Crippen molar-refractivity contribution in [1.29, 1.82) is 0 Å². The highest BCUT2D eigenvalue weighted by Crippen LogP contribution is 2.23. The van der Waals surface area contributed by atoms with E-state index in [4.69, 9.17) is 11.2 Å². The van der Waals surface area contributed by atoms with Crippen LogP contribution in [0.25, 0.3) is 0 Å². The van der Waals surface area contributed by atoms with Crippen LogP contribution in [0.1, 0.15) is 6.92 Å². The molecule has 0 spiro atoms. The molecular formula is C9H10INO3S. The Kier molecular flexibility index (Phi) is 4.76. The van der Waals surface area contributed by atoms with E-state index in [1.165, 1.54) is 0 Å². The molecule has 1 unspecified atom stereocenters. The standard InChI is InChI=1S/C9H10INO3S/c1-3-8-7(9(12)14-4-2)5-6-11(8)15(10)13/h1,5,8H,4,6H2,2H3/t8-,15?/m1/s1. The van der Waals surface area contributed by atoms with E-state index >= 15 is 0 Å². The molecule has 0 aromatic rings. The van der Waals surface area contributed by atoms with E-state index in [0.29, 0.717) is 18.7 Å². The van der Waals surface area contributed by atoms with Gasteiger partial charge < -0.3 is 4.74 Å². The number of hydrogen-bond acceptors (Lipinski definition) is 3. The van der Waals surface area contributed by atoms with Crippen LogP contribution in [0.3, 0.4) is 0 Å². The molecule has 0 amide bonds. The fraction of sp³-hybridized carbons (Fsp3) is 0.444. The van der Waals surface area contributed by atoms with Crippen LogP contribution in [0.2, 0.25) is 0 Å². The molecule has 4 nitrogen and oxygen atoms in total. The first-order valence-corrected chi connectivity index (χ1v) is 7.94. The second-order valence-electron chi connectivity index (χ2n) is 2.76. The molecule has 0 fully saturated rings. The fourth-order valence-corrected chi connectivity index (χ4v) is 2.98. The topological polar surface area (TPSA) is 46.6 Å². The molecule has 82 valence electrons. The Balaban J connectivity index is 2.81. The molecule has 0 aliphatic carbocycles. The number of esters is 1. The van der Waals surface area contributed by atoms with Crippen LogP contribution in [0, 0.1) is 12.3 Å². The highest BCUT2D eigenvalue weighted by atomic mass is 127. The minimum atomic E-state index is -1.21. The minimum absolute atomic E-state index is 0.306. The van der Waals surface area contributed by atoms with Gasteiger partial charge in [0.25, 0.3) is 0 Å². The zero-order chi connectivity index (χ0) is 11.4. The maximum absolute atomic E-state index is 11.5. The highest BCUT2D eigenvalue weighted by molar-refractivity contribution is 14.2. The van der Waals surface area contributed by atoms with Gasteiger partial charge in [0.1, 0.15) is 6.04 Å². The van der Waals surface area contributed by atoms with Crippen molar-refractivity contribution in [3.8, 4) is 12.3 Å². The van der Waals surface area contributed by atoms with Crippen LogP contribution in [-0.4, -0.2) is 33.7 Å². The molecule has 1 heterocycles. The minimum Gasteiger partial charge on any atom is -0.463 e. The summed E-state index contributed by atoms with van der Waals surface area (Å²) < 4.78 is 17.7. The third kappa shape index (κ3) is 2.80. The molecule has 0 saturated heterocycles. The molecule has 2 atom stereocenters. The molecule has 0 aromatic heterocycles. The number of rotatable bonds is 3. The summed E-state index contributed by atoms with van der Waals surface area (Å²) in [6, 6.07) is -0.540. The number of halogens is 1. The van der Waals surface area contributed by atoms with E-state index < -0.39 is 20.2 Å². The van der Waals surface area contributed by atoms with Crippen LogP contribution >= 0.6 is 21.2 Å². The van der Waals surface area contributed by atoms with Crippen molar-refractivity contribution in [2.24, 2.45) is 0 Å². The van der Waals surface area contributed by atoms with Crippen molar-refractivity contribution in [1.82, 2.24) is 4.31 Å². The molecule has 0 saturated carbocycles. The van der Waals surface area contributed by atoms with Gasteiger partial charge in [-0.3, -0.25) is 0 Å². The lowest BCUT2D eigenvalue weighted by molar-refractivity contribution is -0.138. The van der Waals surface area contributed by atoms with Crippen molar-refractivity contribution in [3.63, 3.8) is 0 Å². The number of carbonyl (C=O) groups is 1. The van der Waals surface area contributed by atoms with Crippen molar-refractivity contribution in [3.05, 3.63) is 11.6 Å². The van der Waals surface area contributed by atoms with Gasteiger partial charge in [-0.15, -0.1) is 6.42 Å². The summed E-state index contributed by atoms with van der Waals surface area (Å²) in [5, 5.41) is 0. The second kappa shape index (κ2) is 5.63. The van der Waals surface area contributed by atoms with E-state index in [9.17, 15) is 9.00 Å². The highest BCUT2D eigenvalue weighted by Gasteiger charge is 2.33. The summed E-state index contributed by atoms with van der Waals surface area (Å²) in [7, 11) is -1.21. The maximum atomic E-state index is 11.5. The lowest BCUT2D eigenvalue weighted by atomic mass is 10.1. The van der Waals surface area contributed by atoms with E-state index in [1.807, 2.05) is 0 Å². The van der Waals surface area contributed by atoms with Gasteiger partial charge in [-0.2, -0.15) is 4.31 Å². The number of hydrogen-bond donors (Lipinski definition) is 0. The summed E-state index contributed by atoms with van der Waals surface area (Å²) in [5.41, 5.74) is 0.407. The predicted molar refractivity (Wildman–Crippen MR) is 66.2 cm³/mol. The Labute approximate surface area is 103 Å². The van der Waals surface area contributed by atoms with Crippen molar-refractivity contribution >= 4 is 35.3 Å². The van der Waals surface area contributed by atoms with Gasteiger partial charge in [0.15, 0.2) is 8.16 Å². The molecular weight excluding hydrogens is 329 g/mol. The molecule has 0 radical (unpaired) electrons. The summed E-state index contributed by atoms with van der Waals surface area (Å²) in [5.74, 6) is 2.02. The monoisotopic (exact) mass is 339 g/mol. The third-order valence-corrected chi connectivity index (χ3v) is 4.17. The van der Waals surface area contributed by atoms with Gasteiger partial charge >= 0.3 is 5.97 Å². The first-order chi connectivity index (χ1) is 7.11. The largest absolute Gasteiger partial charge is 0.463 e. The summed E-state index contributed by atoms with van der Waals surface area (Å²) in [6.07, 6.45) is 6.97. The first kappa shape index (κ1) is 12.7. The maximum Gasteiger partial charge on any atom is 0.336 e. The van der Waals surface area contributed by atoms with Gasteiger partial charge in [0, 0.05) is 6.54 Å². The molecule has 0 aromatic carbocycles. The number of terminal acetylenes is 1. The summed E-state index contributed by atoms with van der Waals surface area (Å²) >= 11 is 1.75. The Morgan fingerprint density at radius 3 is 3.07 bits per heavy atom. The Bertz CT molecular complexity index is 361. The normalized spacial score (nSPS) is 23.0. The smallest absolute Gasteiger partial charge is 0.336 e. The molecule has 0 N–H and O–H groups in total. The molecule has 1 rings (SSSR count). The molecule has 0 bridgehead atoms. The van der Waals surface area contributed by atoms with E-state index in [-0.39, 0.29) is 0 Å². The quantitative estimate of drug-likeness (QED) is 0.331. The Morgan fingerprint density at radius 2 is 2.60 bits per heavy atom.